The smallest absolute Gasteiger partial charge is 0.157 e. The van der Waals surface area contributed by atoms with Gasteiger partial charge in [-0.2, -0.15) is 0 Å². The van der Waals surface area contributed by atoms with E-state index < -0.39 is 0 Å². The SMILES string of the molecule is OC[C@@H]1[C@@H]2CC[C@@H](C2)[C@@H]1OC1CCCCO1. The number of aliphatic hydroxyl groups is 1. The topological polar surface area (TPSA) is 38.7 Å². The molecule has 0 amide bonds. The molecule has 16 heavy (non-hydrogen) atoms. The monoisotopic (exact) mass is 226 g/mol. The molecule has 1 unspecified atom stereocenters. The fourth-order valence-corrected chi connectivity index (χ4v) is 3.82. The largest absolute Gasteiger partial charge is 0.396 e. The van der Waals surface area contributed by atoms with Crippen LogP contribution in [0.1, 0.15) is 38.5 Å². The van der Waals surface area contributed by atoms with Crippen molar-refractivity contribution in [1.29, 1.82) is 0 Å². The summed E-state index contributed by atoms with van der Waals surface area (Å²) in [6, 6.07) is 0. The van der Waals surface area contributed by atoms with Gasteiger partial charge < -0.3 is 14.6 Å². The fraction of sp³-hybridized carbons (Fsp3) is 1.00. The van der Waals surface area contributed by atoms with E-state index in [1.54, 1.807) is 0 Å². The Bertz CT molecular complexity index is 237. The molecule has 3 heteroatoms. The summed E-state index contributed by atoms with van der Waals surface area (Å²) >= 11 is 0. The molecule has 2 aliphatic carbocycles. The van der Waals surface area contributed by atoms with E-state index >= 15 is 0 Å². The van der Waals surface area contributed by atoms with Crippen LogP contribution in [0.25, 0.3) is 0 Å². The maximum atomic E-state index is 9.47. The Hall–Kier alpha value is -0.120. The molecule has 1 N–H and O–H groups in total. The van der Waals surface area contributed by atoms with E-state index in [0.29, 0.717) is 24.4 Å². The molecule has 3 rings (SSSR count). The first-order chi connectivity index (χ1) is 7.88. The van der Waals surface area contributed by atoms with Crippen LogP contribution < -0.4 is 0 Å². The number of fused-ring (bicyclic) bond motifs is 2. The fourth-order valence-electron chi connectivity index (χ4n) is 3.82. The minimum absolute atomic E-state index is 0.00662. The van der Waals surface area contributed by atoms with Crippen LogP contribution in [0.3, 0.4) is 0 Å². The quantitative estimate of drug-likeness (QED) is 0.799. The van der Waals surface area contributed by atoms with E-state index in [4.69, 9.17) is 9.47 Å². The number of rotatable bonds is 3. The predicted octanol–water partition coefficient (Wildman–Crippen LogP) is 1.94. The molecule has 0 aromatic carbocycles. The van der Waals surface area contributed by atoms with Crippen molar-refractivity contribution in [3.05, 3.63) is 0 Å². The van der Waals surface area contributed by atoms with E-state index in [1.165, 1.54) is 32.1 Å². The van der Waals surface area contributed by atoms with Gasteiger partial charge in [-0.15, -0.1) is 0 Å². The number of aliphatic hydroxyl groups excluding tert-OH is 1. The first kappa shape index (κ1) is 11.0. The Morgan fingerprint density at radius 2 is 2.00 bits per heavy atom. The molecule has 3 fully saturated rings. The van der Waals surface area contributed by atoms with Gasteiger partial charge in [0.05, 0.1) is 6.10 Å². The van der Waals surface area contributed by atoms with Gasteiger partial charge in [-0.25, -0.2) is 0 Å². The maximum Gasteiger partial charge on any atom is 0.157 e. The van der Waals surface area contributed by atoms with Crippen LogP contribution in [0.5, 0.6) is 0 Å². The van der Waals surface area contributed by atoms with Gasteiger partial charge in [0, 0.05) is 19.1 Å². The third-order valence-corrected chi connectivity index (χ3v) is 4.66. The summed E-state index contributed by atoms with van der Waals surface area (Å²) in [5.41, 5.74) is 0. The van der Waals surface area contributed by atoms with Gasteiger partial charge >= 0.3 is 0 Å². The molecule has 0 radical (unpaired) electrons. The van der Waals surface area contributed by atoms with Crippen LogP contribution in [-0.2, 0) is 9.47 Å². The van der Waals surface area contributed by atoms with Crippen molar-refractivity contribution in [1.82, 2.24) is 0 Å². The highest BCUT2D eigenvalue weighted by Crippen LogP contribution is 2.50. The Kier molecular flexibility index (Phi) is 3.18. The average molecular weight is 226 g/mol. The molecule has 92 valence electrons. The van der Waals surface area contributed by atoms with Gasteiger partial charge in [-0.3, -0.25) is 0 Å². The molecule has 1 aliphatic heterocycles. The Balaban J connectivity index is 1.60. The summed E-state index contributed by atoms with van der Waals surface area (Å²) in [6.45, 7) is 1.13. The molecule has 2 saturated carbocycles. The van der Waals surface area contributed by atoms with Crippen molar-refractivity contribution in [2.45, 2.75) is 50.9 Å². The van der Waals surface area contributed by atoms with Gasteiger partial charge in [0.2, 0.25) is 0 Å². The van der Waals surface area contributed by atoms with Crippen molar-refractivity contribution in [2.24, 2.45) is 17.8 Å². The second-order valence-electron chi connectivity index (χ2n) is 5.58. The normalized spacial score (nSPS) is 47.4. The van der Waals surface area contributed by atoms with Crippen LogP contribution in [-0.4, -0.2) is 30.7 Å². The highest BCUT2D eigenvalue weighted by molar-refractivity contribution is 4.97. The molecule has 2 bridgehead atoms. The van der Waals surface area contributed by atoms with Crippen LogP contribution in [0.15, 0.2) is 0 Å². The van der Waals surface area contributed by atoms with E-state index in [9.17, 15) is 5.11 Å². The maximum absolute atomic E-state index is 9.47. The lowest BCUT2D eigenvalue weighted by atomic mass is 9.87. The first-order valence-electron chi connectivity index (χ1n) is 6.76. The molecule has 5 atom stereocenters. The second-order valence-corrected chi connectivity index (χ2v) is 5.58. The van der Waals surface area contributed by atoms with Gasteiger partial charge in [0.1, 0.15) is 0 Å². The van der Waals surface area contributed by atoms with E-state index in [0.717, 1.165) is 13.0 Å². The molecule has 0 aromatic heterocycles. The Morgan fingerprint density at radius 1 is 1.12 bits per heavy atom. The predicted molar refractivity (Wildman–Crippen MR) is 59.9 cm³/mol. The van der Waals surface area contributed by atoms with Crippen molar-refractivity contribution < 1.29 is 14.6 Å². The molecular weight excluding hydrogens is 204 g/mol. The number of hydrogen-bond donors (Lipinski definition) is 1. The summed E-state index contributed by atoms with van der Waals surface area (Å²) in [7, 11) is 0. The Labute approximate surface area is 97.1 Å². The lowest BCUT2D eigenvalue weighted by molar-refractivity contribution is -0.209. The number of ether oxygens (including phenoxy) is 2. The molecule has 0 spiro atoms. The standard InChI is InChI=1S/C13H22O3/c14-8-11-9-4-5-10(7-9)13(11)16-12-3-1-2-6-15-12/h9-14H,1-8H2/t9-,10+,11-,12?,13+/m1/s1. The Morgan fingerprint density at radius 3 is 2.75 bits per heavy atom. The van der Waals surface area contributed by atoms with Crippen molar-refractivity contribution >= 4 is 0 Å². The second kappa shape index (κ2) is 4.63. The van der Waals surface area contributed by atoms with Crippen LogP contribution in [0.4, 0.5) is 0 Å². The third kappa shape index (κ3) is 1.89. The summed E-state index contributed by atoms with van der Waals surface area (Å²) in [5.74, 6) is 1.78. The zero-order chi connectivity index (χ0) is 11.0. The summed E-state index contributed by atoms with van der Waals surface area (Å²) in [5, 5.41) is 9.47. The van der Waals surface area contributed by atoms with Gasteiger partial charge in [0.15, 0.2) is 6.29 Å². The van der Waals surface area contributed by atoms with E-state index in [-0.39, 0.29) is 12.4 Å². The zero-order valence-electron chi connectivity index (χ0n) is 9.81. The molecular formula is C13H22O3. The first-order valence-corrected chi connectivity index (χ1v) is 6.76. The van der Waals surface area contributed by atoms with Gasteiger partial charge in [-0.1, -0.05) is 0 Å². The zero-order valence-corrected chi connectivity index (χ0v) is 9.81. The van der Waals surface area contributed by atoms with Gasteiger partial charge in [0.25, 0.3) is 0 Å². The lowest BCUT2D eigenvalue weighted by Crippen LogP contribution is -2.37. The highest BCUT2D eigenvalue weighted by atomic mass is 16.7. The average Bonchev–Trinajstić information content (AvgIpc) is 2.91. The van der Waals surface area contributed by atoms with Crippen LogP contribution in [0, 0.1) is 17.8 Å². The van der Waals surface area contributed by atoms with Crippen molar-refractivity contribution in [3.63, 3.8) is 0 Å². The molecule has 1 saturated heterocycles. The highest BCUT2D eigenvalue weighted by Gasteiger charge is 2.48. The van der Waals surface area contributed by atoms with Crippen LogP contribution >= 0.6 is 0 Å². The van der Waals surface area contributed by atoms with Crippen molar-refractivity contribution in [3.8, 4) is 0 Å². The van der Waals surface area contributed by atoms with Crippen molar-refractivity contribution in [2.75, 3.05) is 13.2 Å². The lowest BCUT2D eigenvalue weighted by Gasteiger charge is -2.34. The third-order valence-electron chi connectivity index (χ3n) is 4.66. The molecule has 3 nitrogen and oxygen atoms in total. The van der Waals surface area contributed by atoms with E-state index in [2.05, 4.69) is 0 Å². The minimum atomic E-state index is 0.00662. The van der Waals surface area contributed by atoms with Crippen LogP contribution in [0.2, 0.25) is 0 Å². The summed E-state index contributed by atoms with van der Waals surface area (Å²) in [4.78, 5) is 0. The van der Waals surface area contributed by atoms with Gasteiger partial charge in [-0.05, 0) is 50.4 Å². The molecule has 0 aromatic rings. The molecule has 3 aliphatic rings. The minimum Gasteiger partial charge on any atom is -0.396 e. The number of hydrogen-bond acceptors (Lipinski definition) is 3. The summed E-state index contributed by atoms with van der Waals surface area (Å²) in [6.07, 6.45) is 7.54. The summed E-state index contributed by atoms with van der Waals surface area (Å²) < 4.78 is 11.7. The molecule has 1 heterocycles. The van der Waals surface area contributed by atoms with E-state index in [1.807, 2.05) is 0 Å².